The Hall–Kier alpha value is -2.00. The summed E-state index contributed by atoms with van der Waals surface area (Å²) in [6, 6.07) is 12.6. The van der Waals surface area contributed by atoms with Gasteiger partial charge in [-0.3, -0.25) is 4.79 Å². The molecule has 0 saturated carbocycles. The predicted molar refractivity (Wildman–Crippen MR) is 79.9 cm³/mol. The number of hydrogen-bond acceptors (Lipinski definition) is 3. The second-order valence-corrected chi connectivity index (χ2v) is 4.77. The van der Waals surface area contributed by atoms with Crippen LogP contribution in [0.4, 0.5) is 11.4 Å². The van der Waals surface area contributed by atoms with Gasteiger partial charge in [0, 0.05) is 22.0 Å². The maximum atomic E-state index is 12.0. The molecule has 0 heterocycles. The van der Waals surface area contributed by atoms with Gasteiger partial charge in [-0.2, -0.15) is 0 Å². The van der Waals surface area contributed by atoms with Crippen LogP contribution in [-0.4, -0.2) is 12.3 Å². The number of aryl methyl sites for hydroxylation is 1. The van der Waals surface area contributed by atoms with E-state index in [0.717, 1.165) is 11.3 Å². The summed E-state index contributed by atoms with van der Waals surface area (Å²) >= 11 is 6.03. The molecule has 2 aromatic carbocycles. The zero-order valence-electron chi connectivity index (χ0n) is 10.6. The monoisotopic (exact) mass is 274 g/mol. The molecule has 2 rings (SSSR count). The quantitative estimate of drug-likeness (QED) is 0.662. The summed E-state index contributed by atoms with van der Waals surface area (Å²) < 4.78 is 0. The number of hydrogen-bond donors (Lipinski definition) is 2. The van der Waals surface area contributed by atoms with Gasteiger partial charge >= 0.3 is 0 Å². The molecule has 0 aliphatic carbocycles. The van der Waals surface area contributed by atoms with Crippen LogP contribution in [0.25, 0.3) is 0 Å². The summed E-state index contributed by atoms with van der Waals surface area (Å²) in [6.45, 7) is 2.15. The lowest BCUT2D eigenvalue weighted by Gasteiger charge is -2.07. The molecule has 0 unspecified atom stereocenters. The van der Waals surface area contributed by atoms with Crippen molar-refractivity contribution in [2.24, 2.45) is 0 Å². The van der Waals surface area contributed by atoms with E-state index in [1.54, 1.807) is 24.3 Å². The van der Waals surface area contributed by atoms with E-state index in [9.17, 15) is 4.79 Å². The molecule has 19 heavy (non-hydrogen) atoms. The van der Waals surface area contributed by atoms with Gasteiger partial charge in [-0.15, -0.1) is 0 Å². The van der Waals surface area contributed by atoms with Crippen molar-refractivity contribution in [2.45, 2.75) is 6.92 Å². The number of Topliss-reactive ketones (excluding diaryl/α,β-unsaturated/α-hetero) is 1. The minimum atomic E-state index is -0.0102. The molecule has 98 valence electrons. The molecule has 0 atom stereocenters. The van der Waals surface area contributed by atoms with Gasteiger partial charge in [0.25, 0.3) is 0 Å². The maximum absolute atomic E-state index is 12.0. The highest BCUT2D eigenvalue weighted by atomic mass is 35.5. The fourth-order valence-corrected chi connectivity index (χ4v) is 1.88. The van der Waals surface area contributed by atoms with Gasteiger partial charge in [0.1, 0.15) is 0 Å². The van der Waals surface area contributed by atoms with Crippen LogP contribution >= 0.6 is 11.6 Å². The number of carbonyl (C=O) groups is 1. The van der Waals surface area contributed by atoms with Crippen LogP contribution in [0.3, 0.4) is 0 Å². The first-order valence-corrected chi connectivity index (χ1v) is 6.33. The largest absolute Gasteiger partial charge is 0.399 e. The molecule has 0 saturated heterocycles. The molecule has 0 aromatic heterocycles. The molecule has 0 bridgehead atoms. The standard InChI is InChI=1S/C15H15ClN2O/c1-10-5-6-13(8-14(10)16)18-9-15(19)11-3-2-4-12(17)7-11/h2-8,18H,9,17H2,1H3. The minimum absolute atomic E-state index is 0.0102. The predicted octanol–water partition coefficient (Wildman–Crippen LogP) is 3.53. The van der Waals surface area contributed by atoms with E-state index in [1.807, 2.05) is 25.1 Å². The first-order valence-electron chi connectivity index (χ1n) is 5.95. The van der Waals surface area contributed by atoms with Crippen LogP contribution in [0.2, 0.25) is 5.02 Å². The number of nitrogens with two attached hydrogens (primary N) is 1. The zero-order valence-corrected chi connectivity index (χ0v) is 11.4. The molecule has 0 spiro atoms. The van der Waals surface area contributed by atoms with Gasteiger partial charge in [0.2, 0.25) is 0 Å². The number of halogens is 1. The third-order valence-electron chi connectivity index (χ3n) is 2.83. The summed E-state index contributed by atoms with van der Waals surface area (Å²) in [5.74, 6) is -0.0102. The molecule has 0 aliphatic rings. The van der Waals surface area contributed by atoms with Crippen LogP contribution < -0.4 is 11.1 Å². The van der Waals surface area contributed by atoms with Gasteiger partial charge < -0.3 is 11.1 Å². The van der Waals surface area contributed by atoms with E-state index in [0.29, 0.717) is 16.3 Å². The Bertz CT molecular complexity index is 611. The lowest BCUT2D eigenvalue weighted by molar-refractivity contribution is 0.101. The number of carbonyl (C=O) groups excluding carboxylic acids is 1. The molecular weight excluding hydrogens is 260 g/mol. The second-order valence-electron chi connectivity index (χ2n) is 4.37. The summed E-state index contributed by atoms with van der Waals surface area (Å²) in [4.78, 5) is 12.0. The van der Waals surface area contributed by atoms with Crippen LogP contribution in [0.15, 0.2) is 42.5 Å². The minimum Gasteiger partial charge on any atom is -0.399 e. The van der Waals surface area contributed by atoms with Crippen LogP contribution in [0, 0.1) is 6.92 Å². The highest BCUT2D eigenvalue weighted by Gasteiger charge is 2.06. The molecule has 2 aromatic rings. The SMILES string of the molecule is Cc1ccc(NCC(=O)c2cccc(N)c2)cc1Cl. The van der Waals surface area contributed by atoms with Crippen molar-refractivity contribution in [2.75, 3.05) is 17.6 Å². The van der Waals surface area contributed by atoms with Gasteiger partial charge in [-0.1, -0.05) is 29.8 Å². The van der Waals surface area contributed by atoms with Crippen molar-refractivity contribution >= 4 is 28.8 Å². The third-order valence-corrected chi connectivity index (χ3v) is 3.24. The van der Waals surface area contributed by atoms with E-state index in [1.165, 1.54) is 0 Å². The van der Waals surface area contributed by atoms with Crippen LogP contribution in [-0.2, 0) is 0 Å². The average molecular weight is 275 g/mol. The summed E-state index contributed by atoms with van der Waals surface area (Å²) in [5, 5.41) is 3.74. The van der Waals surface area contributed by atoms with Crippen LogP contribution in [0.1, 0.15) is 15.9 Å². The van der Waals surface area contributed by atoms with Crippen molar-refractivity contribution in [3.8, 4) is 0 Å². The average Bonchev–Trinajstić information content (AvgIpc) is 2.40. The first kappa shape index (κ1) is 13.4. The Morgan fingerprint density at radius 2 is 2.05 bits per heavy atom. The smallest absolute Gasteiger partial charge is 0.181 e. The number of rotatable bonds is 4. The van der Waals surface area contributed by atoms with E-state index >= 15 is 0 Å². The molecule has 0 radical (unpaired) electrons. The normalized spacial score (nSPS) is 10.2. The zero-order chi connectivity index (χ0) is 13.8. The molecule has 0 fully saturated rings. The third kappa shape index (κ3) is 3.48. The Kier molecular flexibility index (Phi) is 4.07. The fraction of sp³-hybridized carbons (Fsp3) is 0.133. The van der Waals surface area contributed by atoms with Gasteiger partial charge in [-0.05, 0) is 36.8 Å². The highest BCUT2D eigenvalue weighted by molar-refractivity contribution is 6.31. The summed E-state index contributed by atoms with van der Waals surface area (Å²) in [6.07, 6.45) is 0. The molecule has 0 aliphatic heterocycles. The lowest BCUT2D eigenvalue weighted by Crippen LogP contribution is -2.14. The maximum Gasteiger partial charge on any atom is 0.181 e. The molecule has 0 amide bonds. The van der Waals surface area contributed by atoms with E-state index in [2.05, 4.69) is 5.32 Å². The summed E-state index contributed by atoms with van der Waals surface area (Å²) in [5.41, 5.74) is 8.68. The molecule has 3 nitrogen and oxygen atoms in total. The van der Waals surface area contributed by atoms with E-state index in [-0.39, 0.29) is 12.3 Å². The molecule has 3 N–H and O–H groups in total. The first-order chi connectivity index (χ1) is 9.06. The Labute approximate surface area is 117 Å². The van der Waals surface area contributed by atoms with Gasteiger partial charge in [-0.25, -0.2) is 0 Å². The number of benzene rings is 2. The van der Waals surface area contributed by atoms with Crippen molar-refractivity contribution < 1.29 is 4.79 Å². The van der Waals surface area contributed by atoms with Gasteiger partial charge in [0.15, 0.2) is 5.78 Å². The van der Waals surface area contributed by atoms with Crippen LogP contribution in [0.5, 0.6) is 0 Å². The van der Waals surface area contributed by atoms with E-state index < -0.39 is 0 Å². The van der Waals surface area contributed by atoms with Crippen molar-refractivity contribution in [3.63, 3.8) is 0 Å². The molecule has 4 heteroatoms. The van der Waals surface area contributed by atoms with Crippen molar-refractivity contribution in [1.29, 1.82) is 0 Å². The second kappa shape index (κ2) is 5.76. The summed E-state index contributed by atoms with van der Waals surface area (Å²) in [7, 11) is 0. The molecular formula is C15H15ClN2O. The van der Waals surface area contributed by atoms with E-state index in [4.69, 9.17) is 17.3 Å². The number of ketones is 1. The fourth-order valence-electron chi connectivity index (χ4n) is 1.70. The van der Waals surface area contributed by atoms with Crippen molar-refractivity contribution in [1.82, 2.24) is 0 Å². The number of anilines is 2. The Morgan fingerprint density at radius 1 is 1.26 bits per heavy atom. The number of nitrogen functional groups attached to an aromatic ring is 1. The number of nitrogens with one attached hydrogen (secondary N) is 1. The Morgan fingerprint density at radius 3 is 2.74 bits per heavy atom. The lowest BCUT2D eigenvalue weighted by atomic mass is 10.1. The van der Waals surface area contributed by atoms with Crippen molar-refractivity contribution in [3.05, 3.63) is 58.6 Å². The Balaban J connectivity index is 2.02. The highest BCUT2D eigenvalue weighted by Crippen LogP contribution is 2.20. The topological polar surface area (TPSA) is 55.1 Å². The van der Waals surface area contributed by atoms with Gasteiger partial charge in [0.05, 0.1) is 6.54 Å².